The van der Waals surface area contributed by atoms with Gasteiger partial charge in [0.15, 0.2) is 0 Å². The quantitative estimate of drug-likeness (QED) is 0.358. The van der Waals surface area contributed by atoms with Crippen molar-refractivity contribution in [3.63, 3.8) is 0 Å². The molecule has 1 saturated heterocycles. The molecule has 0 aromatic heterocycles. The molecule has 0 amide bonds. The van der Waals surface area contributed by atoms with Crippen LogP contribution < -0.4 is 4.74 Å². The van der Waals surface area contributed by atoms with Gasteiger partial charge in [-0.15, -0.1) is 0 Å². The Morgan fingerprint density at radius 2 is 1.76 bits per heavy atom. The van der Waals surface area contributed by atoms with E-state index in [9.17, 15) is 36.2 Å². The van der Waals surface area contributed by atoms with Crippen molar-refractivity contribution < 1.29 is 41.0 Å². The van der Waals surface area contributed by atoms with Gasteiger partial charge in [-0.25, -0.2) is 0 Å². The second kappa shape index (κ2) is 11.3. The van der Waals surface area contributed by atoms with Crippen LogP contribution in [0.4, 0.5) is 26.3 Å². The number of likely N-dealkylation sites (tertiary alicyclic amines) is 1. The van der Waals surface area contributed by atoms with E-state index in [0.717, 1.165) is 31.4 Å². The smallest absolute Gasteiger partial charge is 0.420 e. The second-order valence-electron chi connectivity index (χ2n) is 10.6. The van der Waals surface area contributed by atoms with E-state index in [0.29, 0.717) is 11.9 Å². The molecule has 0 spiro atoms. The largest absolute Gasteiger partial charge is 0.490 e. The lowest BCUT2D eigenvalue weighted by atomic mass is 9.87. The first-order chi connectivity index (χ1) is 17.9. The Morgan fingerprint density at radius 3 is 2.37 bits per heavy atom. The number of halogens is 6. The summed E-state index contributed by atoms with van der Waals surface area (Å²) < 4.78 is 87.3. The monoisotopic (exact) mass is 545 g/mol. The molecule has 1 N–H and O–H groups in total. The van der Waals surface area contributed by atoms with Crippen LogP contribution in [-0.2, 0) is 11.0 Å². The molecule has 4 rings (SSSR count). The molecular weight excluding hydrogens is 512 g/mol. The summed E-state index contributed by atoms with van der Waals surface area (Å²) in [5, 5.41) is 9.57. The summed E-state index contributed by atoms with van der Waals surface area (Å²) in [6.45, 7) is 3.42. The molecule has 2 aliphatic rings. The lowest BCUT2D eigenvalue weighted by Crippen LogP contribution is -2.38. The van der Waals surface area contributed by atoms with Crippen molar-refractivity contribution in [2.24, 2.45) is 11.8 Å². The predicted molar refractivity (Wildman–Crippen MR) is 131 cm³/mol. The summed E-state index contributed by atoms with van der Waals surface area (Å²) in [5.41, 5.74) is -0.0460. The molecule has 2 atom stereocenters. The number of rotatable bonds is 7. The van der Waals surface area contributed by atoms with E-state index in [1.54, 1.807) is 18.2 Å². The van der Waals surface area contributed by atoms with Crippen LogP contribution in [0.25, 0.3) is 10.8 Å². The number of carboxylic acid groups (broad SMARTS) is 1. The predicted octanol–water partition coefficient (Wildman–Crippen LogP) is 8.00. The zero-order chi connectivity index (χ0) is 27.7. The van der Waals surface area contributed by atoms with E-state index >= 15 is 0 Å². The number of carbonyl (C=O) groups is 1. The van der Waals surface area contributed by atoms with Crippen LogP contribution in [0.1, 0.15) is 75.5 Å². The summed E-state index contributed by atoms with van der Waals surface area (Å²) in [5.74, 6) is -2.58. The highest BCUT2D eigenvalue weighted by Crippen LogP contribution is 2.44. The molecule has 1 saturated carbocycles. The fourth-order valence-electron chi connectivity index (χ4n) is 6.11. The van der Waals surface area contributed by atoms with E-state index in [2.05, 4.69) is 4.90 Å². The number of fused-ring (bicyclic) bond motifs is 1. The van der Waals surface area contributed by atoms with Crippen LogP contribution in [0.3, 0.4) is 0 Å². The molecular formula is C28H33F6NO3. The molecule has 10 heteroatoms. The van der Waals surface area contributed by atoms with Gasteiger partial charge in [-0.1, -0.05) is 25.1 Å². The van der Waals surface area contributed by atoms with E-state index in [1.165, 1.54) is 12.1 Å². The number of carboxylic acids is 1. The minimum atomic E-state index is -4.71. The van der Waals surface area contributed by atoms with Crippen molar-refractivity contribution in [3.05, 3.63) is 41.5 Å². The van der Waals surface area contributed by atoms with E-state index in [-0.39, 0.29) is 55.2 Å². The van der Waals surface area contributed by atoms with Gasteiger partial charge in [0, 0.05) is 19.0 Å². The topological polar surface area (TPSA) is 49.8 Å². The maximum Gasteiger partial charge on any atom is 0.420 e. The van der Waals surface area contributed by atoms with Gasteiger partial charge in [-0.2, -0.15) is 26.3 Å². The number of benzene rings is 2. The molecule has 1 heterocycles. The van der Waals surface area contributed by atoms with Crippen molar-refractivity contribution in [1.29, 1.82) is 0 Å². The maximum atomic E-state index is 14.2. The average molecular weight is 546 g/mol. The van der Waals surface area contributed by atoms with Crippen LogP contribution in [0.15, 0.2) is 30.3 Å². The van der Waals surface area contributed by atoms with Crippen molar-refractivity contribution in [2.75, 3.05) is 13.1 Å². The lowest BCUT2D eigenvalue weighted by molar-refractivity contribution is -0.185. The molecule has 1 aliphatic carbocycles. The molecule has 4 nitrogen and oxygen atoms in total. The second-order valence-corrected chi connectivity index (χ2v) is 10.6. The van der Waals surface area contributed by atoms with Gasteiger partial charge in [0.2, 0.25) is 0 Å². The Bertz CT molecular complexity index is 1120. The van der Waals surface area contributed by atoms with E-state index < -0.39 is 35.9 Å². The Hall–Kier alpha value is -2.49. The number of ether oxygens (including phenoxy) is 1. The molecule has 38 heavy (non-hydrogen) atoms. The first kappa shape index (κ1) is 28.5. The molecule has 2 aromatic rings. The van der Waals surface area contributed by atoms with Gasteiger partial charge >= 0.3 is 18.3 Å². The molecule has 1 aliphatic heterocycles. The van der Waals surface area contributed by atoms with Gasteiger partial charge in [-0.3, -0.25) is 9.69 Å². The van der Waals surface area contributed by atoms with E-state index in [4.69, 9.17) is 4.74 Å². The SMILES string of the molecule is CC[C@@H](c1ccc2c(C(F)(F)F)c(O[C@H]3CC[C@@H](C(F)(F)F)CC3)ccc2c1)N1CCC[C@H](CC(=O)O)C1. The van der Waals surface area contributed by atoms with Crippen molar-refractivity contribution in [2.45, 2.75) is 82.8 Å². The highest BCUT2D eigenvalue weighted by Gasteiger charge is 2.43. The maximum absolute atomic E-state index is 14.2. The molecule has 0 bridgehead atoms. The van der Waals surface area contributed by atoms with Crippen molar-refractivity contribution in [1.82, 2.24) is 4.90 Å². The Labute approximate surface area is 217 Å². The highest BCUT2D eigenvalue weighted by molar-refractivity contribution is 5.89. The summed E-state index contributed by atoms with van der Waals surface area (Å²) in [7, 11) is 0. The summed E-state index contributed by atoms with van der Waals surface area (Å²) in [6, 6.07) is 7.67. The minimum absolute atomic E-state index is 0.0139. The first-order valence-electron chi connectivity index (χ1n) is 13.2. The summed E-state index contributed by atoms with van der Waals surface area (Å²) in [4.78, 5) is 13.4. The Kier molecular flexibility index (Phi) is 8.49. The van der Waals surface area contributed by atoms with Crippen LogP contribution in [0.5, 0.6) is 5.75 Å². The van der Waals surface area contributed by atoms with Gasteiger partial charge < -0.3 is 9.84 Å². The summed E-state index contributed by atoms with van der Waals surface area (Å²) >= 11 is 0. The third kappa shape index (κ3) is 6.55. The molecule has 2 fully saturated rings. The van der Waals surface area contributed by atoms with Crippen molar-refractivity contribution in [3.8, 4) is 5.75 Å². The number of aliphatic carboxylic acids is 1. The minimum Gasteiger partial charge on any atom is -0.490 e. The van der Waals surface area contributed by atoms with Crippen LogP contribution in [0.2, 0.25) is 0 Å². The zero-order valence-electron chi connectivity index (χ0n) is 21.2. The Morgan fingerprint density at radius 1 is 1.05 bits per heavy atom. The van der Waals surface area contributed by atoms with Crippen LogP contribution >= 0.6 is 0 Å². The molecule has 210 valence electrons. The molecule has 0 radical (unpaired) electrons. The zero-order valence-corrected chi connectivity index (χ0v) is 21.2. The van der Waals surface area contributed by atoms with Crippen molar-refractivity contribution >= 4 is 16.7 Å². The number of piperidine rings is 1. The van der Waals surface area contributed by atoms with Crippen LogP contribution in [0, 0.1) is 11.8 Å². The average Bonchev–Trinajstić information content (AvgIpc) is 2.83. The number of hydrogen-bond acceptors (Lipinski definition) is 3. The molecule has 0 unspecified atom stereocenters. The van der Waals surface area contributed by atoms with Gasteiger partial charge in [0.05, 0.1) is 12.0 Å². The lowest BCUT2D eigenvalue weighted by Gasteiger charge is -2.38. The molecule has 2 aromatic carbocycles. The Balaban J connectivity index is 1.58. The summed E-state index contributed by atoms with van der Waals surface area (Å²) in [6.07, 6.45) is -7.40. The number of hydrogen-bond donors (Lipinski definition) is 1. The van der Waals surface area contributed by atoms with Crippen LogP contribution in [-0.4, -0.2) is 41.3 Å². The first-order valence-corrected chi connectivity index (χ1v) is 13.2. The fraction of sp³-hybridized carbons (Fsp3) is 0.607. The van der Waals surface area contributed by atoms with Gasteiger partial charge in [0.25, 0.3) is 0 Å². The van der Waals surface area contributed by atoms with E-state index in [1.807, 2.05) is 6.92 Å². The normalized spacial score (nSPS) is 24.3. The third-order valence-corrected chi connectivity index (χ3v) is 7.95. The fourth-order valence-corrected chi connectivity index (χ4v) is 6.11. The third-order valence-electron chi connectivity index (χ3n) is 7.95. The standard InChI is InChI=1S/C28H33F6NO3/c1-2-23(35-13-3-4-17(16-35)14-25(36)37)19-5-11-22-18(15-19)6-12-24(26(22)28(32,33)34)38-21-9-7-20(8-10-21)27(29,30)31/h5-6,11-12,15,17,20-21,23H,2-4,7-10,13-14,16H2,1H3,(H,36,37)/t17-,20-,21+,23+/m1/s1. The highest BCUT2D eigenvalue weighted by atomic mass is 19.4. The number of nitrogens with zero attached hydrogens (tertiary/aromatic N) is 1. The number of alkyl halides is 6. The van der Waals surface area contributed by atoms with Gasteiger partial charge in [-0.05, 0) is 85.9 Å². The van der Waals surface area contributed by atoms with Gasteiger partial charge in [0.1, 0.15) is 11.3 Å².